The van der Waals surface area contributed by atoms with Crippen LogP contribution in [0.4, 0.5) is 0 Å². The van der Waals surface area contributed by atoms with Gasteiger partial charge in [-0.25, -0.2) is 0 Å². The summed E-state index contributed by atoms with van der Waals surface area (Å²) >= 11 is 0. The minimum atomic E-state index is -0.278. The number of carbonyl (C=O) groups is 1. The van der Waals surface area contributed by atoms with E-state index in [1.165, 1.54) is 5.56 Å². The number of aryl methyl sites for hydroxylation is 2. The number of hydrogen-bond donors (Lipinski definition) is 1. The normalized spacial score (nSPS) is 14.3. The SMILES string of the molecule is Cc1ccc(-n2c(C)cc(/C=C(\C#N)C(=O)NC3CC3)c2C)cc1. The van der Waals surface area contributed by atoms with Gasteiger partial charge in [0.15, 0.2) is 0 Å². The Balaban J connectivity index is 1.95. The van der Waals surface area contributed by atoms with Gasteiger partial charge in [0.25, 0.3) is 5.91 Å². The maximum atomic E-state index is 12.1. The standard InChI is InChI=1S/C20H21N3O/c1-13-4-8-19(9-5-13)23-14(2)10-16(15(23)3)11-17(12-21)20(24)22-18-6-7-18/h4-5,8-11,18H,6-7H2,1-3H3,(H,22,24)/b17-11+. The van der Waals surface area contributed by atoms with Crippen LogP contribution in [0, 0.1) is 32.1 Å². The van der Waals surface area contributed by atoms with Crippen LogP contribution in [0.2, 0.25) is 0 Å². The van der Waals surface area contributed by atoms with Crippen molar-refractivity contribution in [3.63, 3.8) is 0 Å². The lowest BCUT2D eigenvalue weighted by atomic mass is 10.1. The van der Waals surface area contributed by atoms with E-state index in [2.05, 4.69) is 41.1 Å². The van der Waals surface area contributed by atoms with E-state index in [0.717, 1.165) is 35.5 Å². The van der Waals surface area contributed by atoms with Crippen molar-refractivity contribution in [1.29, 1.82) is 5.26 Å². The average Bonchev–Trinajstić information content (AvgIpc) is 3.32. The average molecular weight is 319 g/mol. The molecule has 1 N–H and O–H groups in total. The van der Waals surface area contributed by atoms with E-state index >= 15 is 0 Å². The second kappa shape index (κ2) is 6.37. The molecule has 0 atom stereocenters. The van der Waals surface area contributed by atoms with Gasteiger partial charge in [0.2, 0.25) is 0 Å². The first-order valence-electron chi connectivity index (χ1n) is 8.18. The van der Waals surface area contributed by atoms with E-state index in [1.807, 2.05) is 26.0 Å². The summed E-state index contributed by atoms with van der Waals surface area (Å²) in [5, 5.41) is 12.2. The van der Waals surface area contributed by atoms with Crippen molar-refractivity contribution in [2.24, 2.45) is 0 Å². The summed E-state index contributed by atoms with van der Waals surface area (Å²) in [5.74, 6) is -0.278. The van der Waals surface area contributed by atoms with Crippen molar-refractivity contribution in [2.75, 3.05) is 0 Å². The molecule has 0 spiro atoms. The Hall–Kier alpha value is -2.80. The van der Waals surface area contributed by atoms with Crippen LogP contribution in [-0.4, -0.2) is 16.5 Å². The predicted molar refractivity (Wildman–Crippen MR) is 94.7 cm³/mol. The highest BCUT2D eigenvalue weighted by Gasteiger charge is 2.25. The predicted octanol–water partition coefficient (Wildman–Crippen LogP) is 3.59. The quantitative estimate of drug-likeness (QED) is 0.691. The molecule has 1 heterocycles. The molecular weight excluding hydrogens is 298 g/mol. The highest BCUT2D eigenvalue weighted by Crippen LogP contribution is 2.24. The van der Waals surface area contributed by atoms with Crippen molar-refractivity contribution >= 4 is 12.0 Å². The van der Waals surface area contributed by atoms with E-state index in [1.54, 1.807) is 6.08 Å². The number of benzene rings is 1. The van der Waals surface area contributed by atoms with Gasteiger partial charge in [0.1, 0.15) is 11.6 Å². The first-order valence-corrected chi connectivity index (χ1v) is 8.18. The van der Waals surface area contributed by atoms with Crippen molar-refractivity contribution in [3.8, 4) is 11.8 Å². The van der Waals surface area contributed by atoms with Crippen LogP contribution in [0.3, 0.4) is 0 Å². The summed E-state index contributed by atoms with van der Waals surface area (Å²) in [4.78, 5) is 12.1. The van der Waals surface area contributed by atoms with E-state index < -0.39 is 0 Å². The fourth-order valence-electron chi connectivity index (χ4n) is 2.82. The first-order chi connectivity index (χ1) is 11.5. The number of nitrogens with zero attached hydrogens (tertiary/aromatic N) is 2. The fourth-order valence-corrected chi connectivity index (χ4v) is 2.82. The van der Waals surface area contributed by atoms with Gasteiger partial charge in [-0.1, -0.05) is 17.7 Å². The molecule has 3 rings (SSSR count). The molecule has 1 aromatic carbocycles. The Morgan fingerprint density at radius 2 is 1.92 bits per heavy atom. The minimum absolute atomic E-state index is 0.158. The van der Waals surface area contributed by atoms with Crippen LogP contribution in [0.25, 0.3) is 11.8 Å². The van der Waals surface area contributed by atoms with Crippen LogP contribution in [0.5, 0.6) is 0 Å². The zero-order valence-electron chi connectivity index (χ0n) is 14.3. The maximum absolute atomic E-state index is 12.1. The largest absolute Gasteiger partial charge is 0.349 e. The fraction of sp³-hybridized carbons (Fsp3) is 0.300. The van der Waals surface area contributed by atoms with E-state index in [-0.39, 0.29) is 17.5 Å². The van der Waals surface area contributed by atoms with E-state index in [4.69, 9.17) is 0 Å². The Kier molecular flexibility index (Phi) is 4.26. The van der Waals surface area contributed by atoms with Crippen molar-refractivity contribution in [3.05, 3.63) is 58.4 Å². The zero-order chi connectivity index (χ0) is 17.3. The third-order valence-corrected chi connectivity index (χ3v) is 4.34. The molecule has 1 aliphatic carbocycles. The van der Waals surface area contributed by atoms with E-state index in [0.29, 0.717) is 0 Å². The molecule has 0 aliphatic heterocycles. The second-order valence-electron chi connectivity index (χ2n) is 6.41. The molecule has 0 unspecified atom stereocenters. The summed E-state index contributed by atoms with van der Waals surface area (Å²) < 4.78 is 2.14. The van der Waals surface area contributed by atoms with Gasteiger partial charge in [0.05, 0.1) is 0 Å². The van der Waals surface area contributed by atoms with Gasteiger partial charge in [0, 0.05) is 23.1 Å². The molecule has 0 radical (unpaired) electrons. The molecule has 1 saturated carbocycles. The summed E-state index contributed by atoms with van der Waals surface area (Å²) in [6.45, 7) is 6.10. The van der Waals surface area contributed by atoms with Crippen LogP contribution in [-0.2, 0) is 4.79 Å². The topological polar surface area (TPSA) is 57.8 Å². The molecule has 1 aromatic heterocycles. The summed E-state index contributed by atoms with van der Waals surface area (Å²) in [5.41, 5.74) is 5.44. The molecule has 122 valence electrons. The lowest BCUT2D eigenvalue weighted by Crippen LogP contribution is -2.26. The molecular formula is C20H21N3O. The molecule has 2 aromatic rings. The van der Waals surface area contributed by atoms with Crippen molar-refractivity contribution in [1.82, 2.24) is 9.88 Å². The highest BCUT2D eigenvalue weighted by molar-refractivity contribution is 6.02. The Labute approximate surface area is 142 Å². The lowest BCUT2D eigenvalue weighted by Gasteiger charge is -2.10. The Bertz CT molecular complexity index is 846. The third-order valence-electron chi connectivity index (χ3n) is 4.34. The third kappa shape index (κ3) is 3.26. The highest BCUT2D eigenvalue weighted by atomic mass is 16.1. The number of nitrogens with one attached hydrogen (secondary N) is 1. The number of carbonyl (C=O) groups excluding carboxylic acids is 1. The lowest BCUT2D eigenvalue weighted by molar-refractivity contribution is -0.117. The molecule has 0 saturated heterocycles. The monoisotopic (exact) mass is 319 g/mol. The molecule has 24 heavy (non-hydrogen) atoms. The van der Waals surface area contributed by atoms with Gasteiger partial charge in [-0.3, -0.25) is 4.79 Å². The number of hydrogen-bond acceptors (Lipinski definition) is 2. The minimum Gasteiger partial charge on any atom is -0.349 e. The van der Waals surface area contributed by atoms with Gasteiger partial charge in [-0.05, 0) is 63.5 Å². The Morgan fingerprint density at radius 3 is 2.50 bits per heavy atom. The molecule has 4 nitrogen and oxygen atoms in total. The Morgan fingerprint density at radius 1 is 1.25 bits per heavy atom. The van der Waals surface area contributed by atoms with Crippen LogP contribution >= 0.6 is 0 Å². The molecule has 0 bridgehead atoms. The summed E-state index contributed by atoms with van der Waals surface area (Å²) in [7, 11) is 0. The van der Waals surface area contributed by atoms with Gasteiger partial charge in [-0.2, -0.15) is 5.26 Å². The summed E-state index contributed by atoms with van der Waals surface area (Å²) in [6, 6.07) is 12.6. The number of rotatable bonds is 4. The van der Waals surface area contributed by atoms with Crippen LogP contribution in [0.15, 0.2) is 35.9 Å². The first kappa shape index (κ1) is 16.1. The number of amides is 1. The molecule has 4 heteroatoms. The number of nitriles is 1. The van der Waals surface area contributed by atoms with Gasteiger partial charge < -0.3 is 9.88 Å². The molecule has 1 amide bonds. The second-order valence-corrected chi connectivity index (χ2v) is 6.41. The zero-order valence-corrected chi connectivity index (χ0v) is 14.3. The maximum Gasteiger partial charge on any atom is 0.262 e. The van der Waals surface area contributed by atoms with Gasteiger partial charge >= 0.3 is 0 Å². The number of aromatic nitrogens is 1. The van der Waals surface area contributed by atoms with Crippen LogP contribution in [0.1, 0.15) is 35.4 Å². The van der Waals surface area contributed by atoms with Crippen LogP contribution < -0.4 is 5.32 Å². The van der Waals surface area contributed by atoms with Crippen molar-refractivity contribution < 1.29 is 4.79 Å². The summed E-state index contributed by atoms with van der Waals surface area (Å²) in [6.07, 6.45) is 3.70. The smallest absolute Gasteiger partial charge is 0.262 e. The van der Waals surface area contributed by atoms with Gasteiger partial charge in [-0.15, -0.1) is 0 Å². The van der Waals surface area contributed by atoms with E-state index in [9.17, 15) is 10.1 Å². The van der Waals surface area contributed by atoms with Crippen molar-refractivity contribution in [2.45, 2.75) is 39.7 Å². The molecule has 1 aliphatic rings. The molecule has 1 fully saturated rings.